The molecule has 0 atom stereocenters. The van der Waals surface area contributed by atoms with Gasteiger partial charge in [0.25, 0.3) is 12.3 Å². The first-order chi connectivity index (χ1) is 8.62. The number of alkyl halides is 2. The SMILES string of the molecule is Cc1cc(F)c(C(=O)NCC(F)F)cc1S(N)(=O)=O. The zero-order valence-corrected chi connectivity index (χ0v) is 10.6. The third-order valence-corrected chi connectivity index (χ3v) is 3.29. The third kappa shape index (κ3) is 3.93. The molecule has 1 amide bonds. The van der Waals surface area contributed by atoms with E-state index >= 15 is 0 Å². The summed E-state index contributed by atoms with van der Waals surface area (Å²) in [5.41, 5.74) is -0.638. The quantitative estimate of drug-likeness (QED) is 0.860. The van der Waals surface area contributed by atoms with Crippen LogP contribution in [0.3, 0.4) is 0 Å². The summed E-state index contributed by atoms with van der Waals surface area (Å²) >= 11 is 0. The van der Waals surface area contributed by atoms with E-state index < -0.39 is 45.2 Å². The van der Waals surface area contributed by atoms with Gasteiger partial charge in [0.2, 0.25) is 10.0 Å². The Labute approximate surface area is 107 Å². The van der Waals surface area contributed by atoms with Gasteiger partial charge in [0.1, 0.15) is 5.82 Å². The van der Waals surface area contributed by atoms with E-state index in [1.165, 1.54) is 6.92 Å². The van der Waals surface area contributed by atoms with Crippen LogP contribution in [0.1, 0.15) is 15.9 Å². The Bertz CT molecular complexity index is 602. The smallest absolute Gasteiger partial charge is 0.255 e. The molecule has 0 radical (unpaired) electrons. The lowest BCUT2D eigenvalue weighted by atomic mass is 10.1. The van der Waals surface area contributed by atoms with Gasteiger partial charge in [0.05, 0.1) is 17.0 Å². The fourth-order valence-corrected chi connectivity index (χ4v) is 2.19. The van der Waals surface area contributed by atoms with Gasteiger partial charge in [-0.25, -0.2) is 26.7 Å². The standard InChI is InChI=1S/C10H11F3N2O3S/c1-5-2-7(11)6(3-8(5)19(14,17)18)10(16)15-4-9(12)13/h2-3,9H,4H2,1H3,(H,15,16)(H2,14,17,18). The molecule has 0 saturated carbocycles. The second-order valence-corrected chi connectivity index (χ2v) is 5.27. The van der Waals surface area contributed by atoms with Crippen LogP contribution in [0.5, 0.6) is 0 Å². The molecule has 1 aromatic carbocycles. The van der Waals surface area contributed by atoms with Crippen LogP contribution in [-0.4, -0.2) is 27.3 Å². The summed E-state index contributed by atoms with van der Waals surface area (Å²) in [5, 5.41) is 6.67. The minimum Gasteiger partial charge on any atom is -0.346 e. The van der Waals surface area contributed by atoms with Crippen molar-refractivity contribution in [1.82, 2.24) is 5.32 Å². The molecule has 9 heteroatoms. The number of carbonyl (C=O) groups is 1. The Morgan fingerprint density at radius 3 is 2.47 bits per heavy atom. The van der Waals surface area contributed by atoms with Crippen molar-refractivity contribution in [1.29, 1.82) is 0 Å². The summed E-state index contributed by atoms with van der Waals surface area (Å²) in [6, 6.07) is 1.53. The number of rotatable bonds is 4. The first-order valence-corrected chi connectivity index (χ1v) is 6.57. The first kappa shape index (κ1) is 15.4. The second kappa shape index (κ2) is 5.57. The zero-order chi connectivity index (χ0) is 14.8. The van der Waals surface area contributed by atoms with Gasteiger partial charge in [-0.05, 0) is 24.6 Å². The monoisotopic (exact) mass is 296 g/mol. The Balaban J connectivity index is 3.19. The molecular formula is C10H11F3N2O3S. The number of halogens is 3. The Hall–Kier alpha value is -1.61. The molecule has 0 heterocycles. The minimum absolute atomic E-state index is 0.0189. The highest BCUT2D eigenvalue weighted by Crippen LogP contribution is 2.19. The number of carbonyl (C=O) groups excluding carboxylic acids is 1. The van der Waals surface area contributed by atoms with Crippen LogP contribution in [0.4, 0.5) is 13.2 Å². The van der Waals surface area contributed by atoms with Crippen LogP contribution in [0, 0.1) is 12.7 Å². The van der Waals surface area contributed by atoms with Crippen molar-refractivity contribution in [3.8, 4) is 0 Å². The summed E-state index contributed by atoms with van der Waals surface area (Å²) in [6.45, 7) is 0.334. The van der Waals surface area contributed by atoms with E-state index in [1.54, 1.807) is 5.32 Å². The number of hydrogen-bond donors (Lipinski definition) is 2. The van der Waals surface area contributed by atoms with Crippen molar-refractivity contribution in [2.45, 2.75) is 18.2 Å². The zero-order valence-electron chi connectivity index (χ0n) is 9.78. The minimum atomic E-state index is -4.13. The summed E-state index contributed by atoms with van der Waals surface area (Å²) in [7, 11) is -4.13. The number of nitrogens with two attached hydrogens (primary N) is 1. The number of amides is 1. The molecule has 0 aliphatic rings. The molecule has 0 unspecified atom stereocenters. The molecule has 19 heavy (non-hydrogen) atoms. The van der Waals surface area contributed by atoms with Crippen LogP contribution >= 0.6 is 0 Å². The second-order valence-electron chi connectivity index (χ2n) is 3.74. The van der Waals surface area contributed by atoms with E-state index in [9.17, 15) is 26.4 Å². The van der Waals surface area contributed by atoms with E-state index in [4.69, 9.17) is 5.14 Å². The van der Waals surface area contributed by atoms with Gasteiger partial charge < -0.3 is 5.32 Å². The molecule has 5 nitrogen and oxygen atoms in total. The lowest BCUT2D eigenvalue weighted by molar-refractivity contribution is 0.0887. The summed E-state index contributed by atoms with van der Waals surface area (Å²) < 4.78 is 59.8. The molecule has 0 saturated heterocycles. The summed E-state index contributed by atoms with van der Waals surface area (Å²) in [6.07, 6.45) is -2.80. The number of hydrogen-bond acceptors (Lipinski definition) is 3. The van der Waals surface area contributed by atoms with Gasteiger partial charge >= 0.3 is 0 Å². The maximum absolute atomic E-state index is 13.5. The van der Waals surface area contributed by atoms with Crippen LogP contribution in [-0.2, 0) is 10.0 Å². The Kier molecular flexibility index (Phi) is 4.53. The van der Waals surface area contributed by atoms with Crippen molar-refractivity contribution in [3.63, 3.8) is 0 Å². The van der Waals surface area contributed by atoms with Gasteiger partial charge in [0.15, 0.2) is 0 Å². The topological polar surface area (TPSA) is 89.3 Å². The van der Waals surface area contributed by atoms with Crippen LogP contribution < -0.4 is 10.5 Å². The fraction of sp³-hybridized carbons (Fsp3) is 0.300. The Morgan fingerprint density at radius 2 is 2.00 bits per heavy atom. The van der Waals surface area contributed by atoms with Gasteiger partial charge in [0, 0.05) is 0 Å². The van der Waals surface area contributed by atoms with Crippen molar-refractivity contribution in [2.75, 3.05) is 6.54 Å². The molecule has 106 valence electrons. The van der Waals surface area contributed by atoms with E-state index in [2.05, 4.69) is 0 Å². The first-order valence-electron chi connectivity index (χ1n) is 5.02. The predicted molar refractivity (Wildman–Crippen MR) is 60.8 cm³/mol. The number of primary sulfonamides is 1. The molecule has 0 bridgehead atoms. The molecule has 0 aromatic heterocycles. The Morgan fingerprint density at radius 1 is 1.42 bits per heavy atom. The molecule has 1 rings (SSSR count). The lowest BCUT2D eigenvalue weighted by Gasteiger charge is -2.09. The molecule has 0 aliphatic carbocycles. The molecule has 3 N–H and O–H groups in total. The summed E-state index contributed by atoms with van der Waals surface area (Å²) in [5.74, 6) is -2.15. The average Bonchev–Trinajstić information content (AvgIpc) is 2.24. The highest BCUT2D eigenvalue weighted by atomic mass is 32.2. The van der Waals surface area contributed by atoms with E-state index in [-0.39, 0.29) is 5.56 Å². The van der Waals surface area contributed by atoms with Gasteiger partial charge in [-0.15, -0.1) is 0 Å². The molecular weight excluding hydrogens is 285 g/mol. The predicted octanol–water partition coefficient (Wildman–Crippen LogP) is 0.776. The number of benzene rings is 1. The average molecular weight is 296 g/mol. The molecule has 0 aliphatic heterocycles. The highest BCUT2D eigenvalue weighted by Gasteiger charge is 2.20. The fourth-order valence-electron chi connectivity index (χ4n) is 1.40. The molecule has 1 aromatic rings. The van der Waals surface area contributed by atoms with Crippen LogP contribution in [0.2, 0.25) is 0 Å². The van der Waals surface area contributed by atoms with Crippen molar-refractivity contribution in [2.24, 2.45) is 5.14 Å². The van der Waals surface area contributed by atoms with Gasteiger partial charge in [-0.3, -0.25) is 4.79 Å². The maximum Gasteiger partial charge on any atom is 0.255 e. The number of sulfonamides is 1. The molecule has 0 fully saturated rings. The number of aryl methyl sites for hydroxylation is 1. The lowest BCUT2D eigenvalue weighted by Crippen LogP contribution is -2.29. The normalized spacial score (nSPS) is 11.7. The van der Waals surface area contributed by atoms with E-state index in [0.29, 0.717) is 0 Å². The maximum atomic E-state index is 13.5. The number of nitrogens with one attached hydrogen (secondary N) is 1. The largest absolute Gasteiger partial charge is 0.346 e. The molecule has 0 spiro atoms. The van der Waals surface area contributed by atoms with Gasteiger partial charge in [-0.2, -0.15) is 0 Å². The highest BCUT2D eigenvalue weighted by molar-refractivity contribution is 7.89. The van der Waals surface area contributed by atoms with E-state index in [1.807, 2.05) is 0 Å². The van der Waals surface area contributed by atoms with Crippen LogP contribution in [0.15, 0.2) is 17.0 Å². The van der Waals surface area contributed by atoms with E-state index in [0.717, 1.165) is 12.1 Å². The third-order valence-electron chi connectivity index (χ3n) is 2.23. The van der Waals surface area contributed by atoms with Crippen molar-refractivity contribution in [3.05, 3.63) is 29.1 Å². The van der Waals surface area contributed by atoms with Gasteiger partial charge in [-0.1, -0.05) is 0 Å². The van der Waals surface area contributed by atoms with Crippen molar-refractivity contribution < 1.29 is 26.4 Å². The van der Waals surface area contributed by atoms with Crippen LogP contribution in [0.25, 0.3) is 0 Å². The van der Waals surface area contributed by atoms with Crippen molar-refractivity contribution >= 4 is 15.9 Å². The summed E-state index contributed by atoms with van der Waals surface area (Å²) in [4.78, 5) is 11.0.